The second kappa shape index (κ2) is 5.77. The zero-order valence-electron chi connectivity index (χ0n) is 13.3. The van der Waals surface area contributed by atoms with E-state index in [9.17, 15) is 0 Å². The zero-order valence-corrected chi connectivity index (χ0v) is 13.3. The fourth-order valence-electron chi connectivity index (χ4n) is 3.95. The summed E-state index contributed by atoms with van der Waals surface area (Å²) in [5.41, 5.74) is 5.84. The maximum absolute atomic E-state index is 2.66. The Balaban J connectivity index is 1.45. The Morgan fingerprint density at radius 2 is 1.91 bits per heavy atom. The Hall–Kier alpha value is -1.80. The summed E-state index contributed by atoms with van der Waals surface area (Å²) in [7, 11) is 0. The van der Waals surface area contributed by atoms with Crippen molar-refractivity contribution in [2.24, 2.45) is 0 Å². The number of anilines is 1. The van der Waals surface area contributed by atoms with Gasteiger partial charge in [-0.3, -0.25) is 4.90 Å². The van der Waals surface area contributed by atoms with Gasteiger partial charge >= 0.3 is 0 Å². The van der Waals surface area contributed by atoms with Crippen LogP contribution in [0.1, 0.15) is 23.1 Å². The third kappa shape index (κ3) is 2.64. The van der Waals surface area contributed by atoms with Gasteiger partial charge in [0, 0.05) is 37.9 Å². The van der Waals surface area contributed by atoms with Crippen LogP contribution < -0.4 is 4.90 Å². The van der Waals surface area contributed by atoms with Crippen LogP contribution in [0.15, 0.2) is 48.5 Å². The topological polar surface area (TPSA) is 6.48 Å². The van der Waals surface area contributed by atoms with Gasteiger partial charge in [-0.15, -0.1) is 0 Å². The third-order valence-corrected chi connectivity index (χ3v) is 5.11. The number of aryl methyl sites for hydroxylation is 1. The van der Waals surface area contributed by atoms with Crippen LogP contribution in [0.4, 0.5) is 5.69 Å². The van der Waals surface area contributed by atoms with E-state index in [2.05, 4.69) is 65.3 Å². The first-order valence-corrected chi connectivity index (χ1v) is 8.42. The molecule has 1 unspecified atom stereocenters. The number of benzene rings is 2. The van der Waals surface area contributed by atoms with Crippen LogP contribution in [0.5, 0.6) is 0 Å². The lowest BCUT2D eigenvalue weighted by Gasteiger charge is -2.27. The normalized spacial score (nSPS) is 21.3. The minimum absolute atomic E-state index is 0.687. The molecule has 0 N–H and O–H groups in total. The molecule has 2 aliphatic heterocycles. The largest absolute Gasteiger partial charge is 0.367 e. The average Bonchev–Trinajstić information content (AvgIpc) is 3.14. The number of nitrogens with zero attached hydrogens (tertiary/aromatic N) is 2. The van der Waals surface area contributed by atoms with Gasteiger partial charge in [-0.1, -0.05) is 42.5 Å². The van der Waals surface area contributed by atoms with E-state index in [1.54, 1.807) is 0 Å². The van der Waals surface area contributed by atoms with Crippen molar-refractivity contribution >= 4 is 5.69 Å². The van der Waals surface area contributed by atoms with E-state index in [1.165, 1.54) is 54.9 Å². The standard InChI is InChI=1S/C20H24N2/c1-16-7-8-18-9-12-22(20(18)13-16)19-10-11-21(15-19)14-17-5-3-2-4-6-17/h2-8,13,19H,9-12,14-15H2,1H3. The highest BCUT2D eigenvalue weighted by Gasteiger charge is 2.31. The molecule has 2 aliphatic rings. The van der Waals surface area contributed by atoms with Crippen LogP contribution in [-0.4, -0.2) is 30.6 Å². The van der Waals surface area contributed by atoms with E-state index in [-0.39, 0.29) is 0 Å². The summed E-state index contributed by atoms with van der Waals surface area (Å²) in [4.78, 5) is 5.26. The summed E-state index contributed by atoms with van der Waals surface area (Å²) >= 11 is 0. The molecular formula is C20H24N2. The summed E-state index contributed by atoms with van der Waals surface area (Å²) in [6, 6.07) is 18.5. The van der Waals surface area contributed by atoms with Crippen molar-refractivity contribution in [3.63, 3.8) is 0 Å². The van der Waals surface area contributed by atoms with Crippen molar-refractivity contribution in [3.05, 3.63) is 65.2 Å². The van der Waals surface area contributed by atoms with Gasteiger partial charge in [-0.25, -0.2) is 0 Å². The Bertz CT molecular complexity index is 650. The van der Waals surface area contributed by atoms with Crippen LogP contribution in [-0.2, 0) is 13.0 Å². The van der Waals surface area contributed by atoms with Crippen LogP contribution in [0.2, 0.25) is 0 Å². The summed E-state index contributed by atoms with van der Waals surface area (Å²) in [5.74, 6) is 0. The van der Waals surface area contributed by atoms with Gasteiger partial charge in [0.2, 0.25) is 0 Å². The van der Waals surface area contributed by atoms with E-state index < -0.39 is 0 Å². The fraction of sp³-hybridized carbons (Fsp3) is 0.400. The molecule has 114 valence electrons. The summed E-state index contributed by atoms with van der Waals surface area (Å²) in [6.45, 7) is 6.90. The number of likely N-dealkylation sites (tertiary alicyclic amines) is 1. The first kappa shape index (κ1) is 13.8. The van der Waals surface area contributed by atoms with Crippen LogP contribution in [0, 0.1) is 6.92 Å². The number of hydrogen-bond acceptors (Lipinski definition) is 2. The molecular weight excluding hydrogens is 268 g/mol. The lowest BCUT2D eigenvalue weighted by atomic mass is 10.1. The van der Waals surface area contributed by atoms with Crippen LogP contribution in [0.3, 0.4) is 0 Å². The van der Waals surface area contributed by atoms with Gasteiger partial charge < -0.3 is 4.90 Å². The highest BCUT2D eigenvalue weighted by molar-refractivity contribution is 5.60. The molecule has 0 bridgehead atoms. The average molecular weight is 292 g/mol. The van der Waals surface area contributed by atoms with Gasteiger partial charge in [0.05, 0.1) is 0 Å². The van der Waals surface area contributed by atoms with Crippen molar-refractivity contribution in [3.8, 4) is 0 Å². The molecule has 2 nitrogen and oxygen atoms in total. The summed E-state index contributed by atoms with van der Waals surface area (Å²) in [5, 5.41) is 0. The molecule has 0 aliphatic carbocycles. The molecule has 0 saturated carbocycles. The maximum Gasteiger partial charge on any atom is 0.0429 e. The maximum atomic E-state index is 2.66. The highest BCUT2D eigenvalue weighted by Crippen LogP contribution is 2.33. The van der Waals surface area contributed by atoms with E-state index in [0.717, 1.165) is 6.54 Å². The SMILES string of the molecule is Cc1ccc2c(c1)N(C1CCN(Cc3ccccc3)C1)CC2. The van der Waals surface area contributed by atoms with Crippen molar-refractivity contribution in [2.75, 3.05) is 24.5 Å². The molecule has 4 rings (SSSR count). The Morgan fingerprint density at radius 1 is 1.05 bits per heavy atom. The number of rotatable bonds is 3. The molecule has 1 fully saturated rings. The van der Waals surface area contributed by atoms with E-state index in [1.807, 2.05) is 0 Å². The highest BCUT2D eigenvalue weighted by atomic mass is 15.3. The smallest absolute Gasteiger partial charge is 0.0429 e. The van der Waals surface area contributed by atoms with Gasteiger partial charge in [0.1, 0.15) is 0 Å². The fourth-order valence-corrected chi connectivity index (χ4v) is 3.95. The predicted molar refractivity (Wildman–Crippen MR) is 92.4 cm³/mol. The molecule has 1 saturated heterocycles. The second-order valence-corrected chi connectivity index (χ2v) is 6.74. The van der Waals surface area contributed by atoms with Crippen molar-refractivity contribution < 1.29 is 0 Å². The first-order valence-electron chi connectivity index (χ1n) is 8.42. The lowest BCUT2D eigenvalue weighted by molar-refractivity contribution is 0.325. The van der Waals surface area contributed by atoms with E-state index in [0.29, 0.717) is 6.04 Å². The first-order chi connectivity index (χ1) is 10.8. The quantitative estimate of drug-likeness (QED) is 0.852. The molecule has 0 spiro atoms. The molecule has 0 amide bonds. The molecule has 0 aromatic heterocycles. The third-order valence-electron chi connectivity index (χ3n) is 5.11. The van der Waals surface area contributed by atoms with Gasteiger partial charge in [-0.2, -0.15) is 0 Å². The second-order valence-electron chi connectivity index (χ2n) is 6.74. The van der Waals surface area contributed by atoms with Gasteiger partial charge in [0.15, 0.2) is 0 Å². The Morgan fingerprint density at radius 3 is 2.77 bits per heavy atom. The molecule has 2 aromatic carbocycles. The monoisotopic (exact) mass is 292 g/mol. The number of hydrogen-bond donors (Lipinski definition) is 0. The van der Waals surface area contributed by atoms with Gasteiger partial charge in [0.25, 0.3) is 0 Å². The number of fused-ring (bicyclic) bond motifs is 1. The minimum Gasteiger partial charge on any atom is -0.367 e. The predicted octanol–water partition coefficient (Wildman–Crippen LogP) is 3.63. The van der Waals surface area contributed by atoms with Crippen LogP contribution >= 0.6 is 0 Å². The molecule has 0 radical (unpaired) electrons. The van der Waals surface area contributed by atoms with E-state index in [4.69, 9.17) is 0 Å². The van der Waals surface area contributed by atoms with Crippen molar-refractivity contribution in [1.82, 2.24) is 4.90 Å². The lowest BCUT2D eigenvalue weighted by Crippen LogP contribution is -2.36. The minimum atomic E-state index is 0.687. The van der Waals surface area contributed by atoms with Crippen molar-refractivity contribution in [2.45, 2.75) is 32.4 Å². The molecule has 22 heavy (non-hydrogen) atoms. The Kier molecular flexibility index (Phi) is 3.63. The summed E-state index contributed by atoms with van der Waals surface area (Å²) < 4.78 is 0. The molecule has 1 atom stereocenters. The van der Waals surface area contributed by atoms with Gasteiger partial charge in [-0.05, 0) is 42.5 Å². The molecule has 2 aromatic rings. The van der Waals surface area contributed by atoms with Crippen LogP contribution in [0.25, 0.3) is 0 Å². The summed E-state index contributed by atoms with van der Waals surface area (Å²) in [6.07, 6.45) is 2.50. The zero-order chi connectivity index (χ0) is 14.9. The molecule has 2 heteroatoms. The van der Waals surface area contributed by atoms with Crippen molar-refractivity contribution in [1.29, 1.82) is 0 Å². The van der Waals surface area contributed by atoms with E-state index >= 15 is 0 Å². The Labute approximate surface area is 133 Å². The molecule has 2 heterocycles.